The lowest BCUT2D eigenvalue weighted by Crippen LogP contribution is -2.09. The van der Waals surface area contributed by atoms with Crippen LogP contribution in [0, 0.1) is 5.92 Å². The highest BCUT2D eigenvalue weighted by Gasteiger charge is 2.25. The molecule has 1 aromatic heterocycles. The number of Topliss-reactive ketones (excluding diaryl/α,β-unsaturated/α-hetero) is 1. The SMILES string of the molecule is O=C1CCCC1Cc1nc(-c2ccc(Cl)cc2)cs1. The van der Waals surface area contributed by atoms with Gasteiger partial charge in [-0.05, 0) is 25.0 Å². The molecule has 0 aliphatic heterocycles. The molecule has 1 unspecified atom stereocenters. The van der Waals surface area contributed by atoms with Gasteiger partial charge in [0, 0.05) is 34.7 Å². The first-order chi connectivity index (χ1) is 9.22. The van der Waals surface area contributed by atoms with E-state index in [-0.39, 0.29) is 5.92 Å². The molecule has 1 atom stereocenters. The third kappa shape index (κ3) is 2.88. The first kappa shape index (κ1) is 12.8. The van der Waals surface area contributed by atoms with Crippen LogP contribution in [0.4, 0.5) is 0 Å². The molecule has 0 radical (unpaired) electrons. The summed E-state index contributed by atoms with van der Waals surface area (Å²) in [5.74, 6) is 0.604. The van der Waals surface area contributed by atoms with Crippen molar-refractivity contribution in [2.45, 2.75) is 25.7 Å². The minimum absolute atomic E-state index is 0.198. The average molecular weight is 292 g/mol. The van der Waals surface area contributed by atoms with Gasteiger partial charge >= 0.3 is 0 Å². The Morgan fingerprint density at radius 2 is 2.11 bits per heavy atom. The van der Waals surface area contributed by atoms with Crippen LogP contribution in [0.25, 0.3) is 11.3 Å². The maximum Gasteiger partial charge on any atom is 0.136 e. The van der Waals surface area contributed by atoms with Gasteiger partial charge in [-0.2, -0.15) is 0 Å². The van der Waals surface area contributed by atoms with Crippen molar-refractivity contribution >= 4 is 28.7 Å². The second kappa shape index (κ2) is 5.43. The van der Waals surface area contributed by atoms with E-state index in [4.69, 9.17) is 11.6 Å². The van der Waals surface area contributed by atoms with Gasteiger partial charge in [0.15, 0.2) is 0 Å². The number of hydrogen-bond donors (Lipinski definition) is 0. The average Bonchev–Trinajstić information content (AvgIpc) is 3.01. The second-order valence-corrected chi connectivity index (χ2v) is 6.27. The minimum Gasteiger partial charge on any atom is -0.299 e. The number of hydrogen-bond acceptors (Lipinski definition) is 3. The van der Waals surface area contributed by atoms with Crippen molar-refractivity contribution < 1.29 is 4.79 Å². The molecule has 19 heavy (non-hydrogen) atoms. The summed E-state index contributed by atoms with van der Waals surface area (Å²) in [6.07, 6.45) is 3.62. The molecule has 4 heteroatoms. The third-order valence-corrected chi connectivity index (χ3v) is 4.67. The second-order valence-electron chi connectivity index (χ2n) is 4.89. The largest absolute Gasteiger partial charge is 0.299 e. The minimum atomic E-state index is 0.198. The summed E-state index contributed by atoms with van der Waals surface area (Å²) in [6, 6.07) is 7.69. The van der Waals surface area contributed by atoms with Gasteiger partial charge in [-0.15, -0.1) is 11.3 Å². The maximum atomic E-state index is 11.7. The fraction of sp³-hybridized carbons (Fsp3) is 0.333. The Hall–Kier alpha value is -1.19. The zero-order valence-electron chi connectivity index (χ0n) is 10.4. The number of benzene rings is 1. The van der Waals surface area contributed by atoms with Crippen molar-refractivity contribution in [2.75, 3.05) is 0 Å². The molecule has 98 valence electrons. The van der Waals surface area contributed by atoms with E-state index in [0.717, 1.165) is 47.0 Å². The number of nitrogens with zero attached hydrogens (tertiary/aromatic N) is 1. The van der Waals surface area contributed by atoms with Crippen LogP contribution < -0.4 is 0 Å². The summed E-state index contributed by atoms with van der Waals surface area (Å²) in [4.78, 5) is 16.3. The maximum absolute atomic E-state index is 11.7. The molecular formula is C15H14ClNOS. The number of thiazole rings is 1. The molecular weight excluding hydrogens is 278 g/mol. The Labute approximate surface area is 121 Å². The standard InChI is InChI=1S/C15H14ClNOS/c16-12-6-4-10(5-7-12)13-9-19-15(17-13)8-11-2-1-3-14(11)18/h4-7,9,11H,1-3,8H2. The lowest BCUT2D eigenvalue weighted by molar-refractivity contribution is -0.120. The van der Waals surface area contributed by atoms with Gasteiger partial charge in [-0.25, -0.2) is 4.98 Å². The fourth-order valence-corrected chi connectivity index (χ4v) is 3.48. The predicted molar refractivity (Wildman–Crippen MR) is 78.6 cm³/mol. The van der Waals surface area contributed by atoms with Crippen LogP contribution in [0.3, 0.4) is 0 Å². The van der Waals surface area contributed by atoms with Crippen LogP contribution in [-0.4, -0.2) is 10.8 Å². The van der Waals surface area contributed by atoms with Crippen molar-refractivity contribution in [3.63, 3.8) is 0 Å². The van der Waals surface area contributed by atoms with Crippen LogP contribution in [0.2, 0.25) is 5.02 Å². The lowest BCUT2D eigenvalue weighted by atomic mass is 10.0. The van der Waals surface area contributed by atoms with E-state index in [0.29, 0.717) is 5.78 Å². The van der Waals surface area contributed by atoms with E-state index in [1.165, 1.54) is 0 Å². The van der Waals surface area contributed by atoms with Crippen molar-refractivity contribution in [2.24, 2.45) is 5.92 Å². The van der Waals surface area contributed by atoms with E-state index < -0.39 is 0 Å². The Morgan fingerprint density at radius 1 is 1.32 bits per heavy atom. The first-order valence-corrected chi connectivity index (χ1v) is 7.71. The normalized spacial score (nSPS) is 19.0. The van der Waals surface area contributed by atoms with E-state index >= 15 is 0 Å². The van der Waals surface area contributed by atoms with E-state index in [1.54, 1.807) is 11.3 Å². The number of ketones is 1. The van der Waals surface area contributed by atoms with Gasteiger partial charge in [0.25, 0.3) is 0 Å². The van der Waals surface area contributed by atoms with Gasteiger partial charge < -0.3 is 0 Å². The zero-order valence-corrected chi connectivity index (χ0v) is 12.0. The van der Waals surface area contributed by atoms with Gasteiger partial charge in [0.1, 0.15) is 5.78 Å². The van der Waals surface area contributed by atoms with Crippen LogP contribution in [0.5, 0.6) is 0 Å². The molecule has 1 aliphatic carbocycles. The van der Waals surface area contributed by atoms with Crippen molar-refractivity contribution in [3.05, 3.63) is 39.7 Å². The Morgan fingerprint density at radius 3 is 2.79 bits per heavy atom. The van der Waals surface area contributed by atoms with E-state index in [2.05, 4.69) is 10.4 Å². The number of aromatic nitrogens is 1. The number of rotatable bonds is 3. The summed E-state index contributed by atoms with van der Waals surface area (Å²) in [7, 11) is 0. The van der Waals surface area contributed by atoms with E-state index in [9.17, 15) is 4.79 Å². The highest BCUT2D eigenvalue weighted by molar-refractivity contribution is 7.09. The Balaban J connectivity index is 1.75. The van der Waals surface area contributed by atoms with Crippen molar-refractivity contribution in [3.8, 4) is 11.3 Å². The van der Waals surface area contributed by atoms with Crippen LogP contribution in [0.1, 0.15) is 24.3 Å². The predicted octanol–water partition coefficient (Wildman–Crippen LogP) is 4.38. The van der Waals surface area contributed by atoms with Gasteiger partial charge in [-0.3, -0.25) is 4.79 Å². The van der Waals surface area contributed by atoms with Gasteiger partial charge in [0.2, 0.25) is 0 Å². The smallest absolute Gasteiger partial charge is 0.136 e. The zero-order chi connectivity index (χ0) is 13.2. The summed E-state index contributed by atoms with van der Waals surface area (Å²) in [5.41, 5.74) is 2.05. The molecule has 1 saturated carbocycles. The number of halogens is 1. The quantitative estimate of drug-likeness (QED) is 0.840. The van der Waals surface area contributed by atoms with Crippen LogP contribution >= 0.6 is 22.9 Å². The highest BCUT2D eigenvalue weighted by Crippen LogP contribution is 2.29. The number of carbonyl (C=O) groups is 1. The molecule has 1 aromatic carbocycles. The van der Waals surface area contributed by atoms with Crippen LogP contribution in [0.15, 0.2) is 29.6 Å². The summed E-state index contributed by atoms with van der Waals surface area (Å²) < 4.78 is 0. The molecule has 1 heterocycles. The topological polar surface area (TPSA) is 30.0 Å². The highest BCUT2D eigenvalue weighted by atomic mass is 35.5. The molecule has 1 aliphatic rings. The Bertz CT molecular complexity index is 590. The summed E-state index contributed by atoms with van der Waals surface area (Å²) in [5, 5.41) is 3.85. The third-order valence-electron chi connectivity index (χ3n) is 3.54. The molecule has 0 amide bonds. The lowest BCUT2D eigenvalue weighted by Gasteiger charge is -2.03. The monoisotopic (exact) mass is 291 g/mol. The first-order valence-electron chi connectivity index (χ1n) is 6.45. The molecule has 0 N–H and O–H groups in total. The molecule has 2 nitrogen and oxygen atoms in total. The molecule has 0 bridgehead atoms. The van der Waals surface area contributed by atoms with Crippen molar-refractivity contribution in [1.29, 1.82) is 0 Å². The molecule has 1 fully saturated rings. The summed E-state index contributed by atoms with van der Waals surface area (Å²) in [6.45, 7) is 0. The van der Waals surface area contributed by atoms with Gasteiger partial charge in [-0.1, -0.05) is 23.7 Å². The van der Waals surface area contributed by atoms with Crippen LogP contribution in [-0.2, 0) is 11.2 Å². The van der Waals surface area contributed by atoms with Gasteiger partial charge in [0.05, 0.1) is 10.7 Å². The molecule has 3 rings (SSSR count). The molecule has 0 spiro atoms. The molecule has 0 saturated heterocycles. The fourth-order valence-electron chi connectivity index (χ4n) is 2.47. The Kier molecular flexibility index (Phi) is 3.67. The number of carbonyl (C=O) groups excluding carboxylic acids is 1. The van der Waals surface area contributed by atoms with E-state index in [1.807, 2.05) is 24.3 Å². The van der Waals surface area contributed by atoms with Crippen molar-refractivity contribution in [1.82, 2.24) is 4.98 Å². The summed E-state index contributed by atoms with van der Waals surface area (Å²) >= 11 is 7.52. The molecule has 2 aromatic rings.